The van der Waals surface area contributed by atoms with E-state index in [4.69, 9.17) is 0 Å². The van der Waals surface area contributed by atoms with E-state index in [2.05, 4.69) is 84.3 Å². The number of hydrogen-bond donors (Lipinski definition) is 0. The highest BCUT2D eigenvalue weighted by molar-refractivity contribution is 14.1. The highest BCUT2D eigenvalue weighted by Gasteiger charge is 2.39. The van der Waals surface area contributed by atoms with Crippen molar-refractivity contribution in [3.05, 3.63) is 52.6 Å². The normalized spacial score (nSPS) is 21.0. The number of alkyl halides is 1. The molecule has 148 valence electrons. The van der Waals surface area contributed by atoms with Crippen LogP contribution in [0, 0.1) is 0 Å². The second-order valence-corrected chi connectivity index (χ2v) is 9.97. The molecule has 1 aromatic carbocycles. The Kier molecular flexibility index (Phi) is 5.93. The predicted octanol–water partition coefficient (Wildman–Crippen LogP) is 6.18. The number of thioether (sulfide) groups is 1. The van der Waals surface area contributed by atoms with Gasteiger partial charge in [-0.3, -0.25) is 4.79 Å². The molecule has 1 amide bonds. The lowest BCUT2D eigenvalue weighted by Crippen LogP contribution is -2.35. The average molecular weight is 506 g/mol. The number of fused-ring (bicyclic) bond motifs is 4. The highest BCUT2D eigenvalue weighted by atomic mass is 127. The van der Waals surface area contributed by atoms with Crippen molar-refractivity contribution >= 4 is 56.7 Å². The number of benzene rings is 1. The Morgan fingerprint density at radius 3 is 2.71 bits per heavy atom. The number of allylic oxidation sites excluding steroid dienone is 4. The van der Waals surface area contributed by atoms with E-state index in [0.717, 1.165) is 32.5 Å². The van der Waals surface area contributed by atoms with E-state index >= 15 is 0 Å². The molecule has 4 rings (SSSR count). The summed E-state index contributed by atoms with van der Waals surface area (Å²) in [7, 11) is 0. The smallest absolute Gasteiger partial charge is 0.240 e. The van der Waals surface area contributed by atoms with Crippen molar-refractivity contribution in [3.8, 4) is 0 Å². The van der Waals surface area contributed by atoms with Crippen LogP contribution in [0.4, 0.5) is 0 Å². The molecule has 2 heterocycles. The minimum absolute atomic E-state index is 0.152. The molecule has 0 fully saturated rings. The van der Waals surface area contributed by atoms with E-state index in [0.29, 0.717) is 3.92 Å². The lowest BCUT2D eigenvalue weighted by Gasteiger charge is -2.33. The minimum Gasteiger partial charge on any atom is -0.342 e. The van der Waals surface area contributed by atoms with E-state index in [1.54, 1.807) is 11.8 Å². The number of carbonyl (C=O) groups is 1. The molecule has 0 spiro atoms. The van der Waals surface area contributed by atoms with Gasteiger partial charge in [0.05, 0.1) is 5.69 Å². The van der Waals surface area contributed by atoms with Gasteiger partial charge in [-0.05, 0) is 32.8 Å². The summed E-state index contributed by atoms with van der Waals surface area (Å²) in [6, 6.07) is 8.62. The van der Waals surface area contributed by atoms with Gasteiger partial charge in [-0.2, -0.15) is 0 Å². The van der Waals surface area contributed by atoms with Gasteiger partial charge in [-0.25, -0.2) is 0 Å². The molecular weight excluding hydrogens is 479 g/mol. The molecule has 28 heavy (non-hydrogen) atoms. The van der Waals surface area contributed by atoms with E-state index in [9.17, 15) is 4.79 Å². The van der Waals surface area contributed by atoms with Crippen LogP contribution in [0.1, 0.15) is 50.1 Å². The number of likely N-dealkylation sites (N-methyl/N-ethyl adjacent to an activating group) is 1. The molecule has 2 aromatic rings. The molecule has 0 N–H and O–H groups in total. The number of nitrogens with zero attached hydrogens (tertiary/aromatic N) is 2. The third-order valence-electron chi connectivity index (χ3n) is 5.70. The zero-order valence-electron chi connectivity index (χ0n) is 16.7. The van der Waals surface area contributed by atoms with Crippen LogP contribution < -0.4 is 0 Å². The van der Waals surface area contributed by atoms with Gasteiger partial charge >= 0.3 is 0 Å². The summed E-state index contributed by atoms with van der Waals surface area (Å²) >= 11 is 4.34. The van der Waals surface area contributed by atoms with Gasteiger partial charge in [-0.15, -0.1) is 11.8 Å². The van der Waals surface area contributed by atoms with Crippen molar-refractivity contribution in [1.29, 1.82) is 0 Å². The molecule has 0 bridgehead atoms. The molecule has 2 atom stereocenters. The lowest BCUT2D eigenvalue weighted by atomic mass is 9.96. The molecule has 0 radical (unpaired) electrons. The molecule has 1 aromatic heterocycles. The third-order valence-corrected chi connectivity index (χ3v) is 8.68. The maximum absolute atomic E-state index is 13.6. The van der Waals surface area contributed by atoms with Crippen LogP contribution in [0.5, 0.6) is 0 Å². The van der Waals surface area contributed by atoms with Gasteiger partial charge in [0, 0.05) is 50.5 Å². The summed E-state index contributed by atoms with van der Waals surface area (Å²) < 4.78 is 2.90. The monoisotopic (exact) mass is 506 g/mol. The summed E-state index contributed by atoms with van der Waals surface area (Å²) in [5.41, 5.74) is 5.09. The Bertz CT molecular complexity index is 970. The van der Waals surface area contributed by atoms with E-state index in [1.807, 2.05) is 4.90 Å². The Morgan fingerprint density at radius 2 is 2.00 bits per heavy atom. The average Bonchev–Trinajstić information content (AvgIpc) is 3.04. The van der Waals surface area contributed by atoms with Crippen LogP contribution in [-0.4, -0.2) is 32.4 Å². The highest BCUT2D eigenvalue weighted by Crippen LogP contribution is 2.54. The minimum atomic E-state index is -0.152. The van der Waals surface area contributed by atoms with E-state index in [1.165, 1.54) is 32.6 Å². The third kappa shape index (κ3) is 3.15. The van der Waals surface area contributed by atoms with E-state index in [-0.39, 0.29) is 11.2 Å². The van der Waals surface area contributed by atoms with E-state index < -0.39 is 0 Å². The number of rotatable bonds is 5. The van der Waals surface area contributed by atoms with Gasteiger partial charge in [0.15, 0.2) is 0 Å². The Hall–Kier alpha value is -1.21. The van der Waals surface area contributed by atoms with Crippen molar-refractivity contribution in [3.63, 3.8) is 0 Å². The Labute approximate surface area is 185 Å². The first kappa shape index (κ1) is 20.1. The summed E-state index contributed by atoms with van der Waals surface area (Å²) in [6.45, 7) is 8.87. The first-order valence-electron chi connectivity index (χ1n) is 10.2. The second-order valence-electron chi connectivity index (χ2n) is 7.32. The molecule has 1 aliphatic heterocycles. The quantitative estimate of drug-likeness (QED) is 0.357. The lowest BCUT2D eigenvalue weighted by molar-refractivity contribution is -0.130. The standard InChI is InChI=1S/C23H27IN2OS/c1-4-14-26-18-13-8-7-10-15(18)19-20(26)16-11-9-12-17(24)21(16)28-22(19)23(27)25(5-2)6-3/h7-11,13,17,22H,4-6,12,14H2,1-3H3/t17-,22?/m1/s1. The van der Waals surface area contributed by atoms with Crippen molar-refractivity contribution in [1.82, 2.24) is 9.47 Å². The molecule has 1 unspecified atom stereocenters. The first-order chi connectivity index (χ1) is 13.6. The predicted molar refractivity (Wildman–Crippen MR) is 129 cm³/mol. The number of carbonyl (C=O) groups excluding carboxylic acids is 1. The van der Waals surface area contributed by atoms with Crippen molar-refractivity contribution in [2.24, 2.45) is 0 Å². The van der Waals surface area contributed by atoms with Crippen LogP contribution in [0.25, 0.3) is 16.5 Å². The molecular formula is C23H27IN2OS. The fourth-order valence-corrected chi connectivity index (χ4v) is 6.86. The fourth-order valence-electron chi connectivity index (χ4n) is 4.40. The molecule has 1 aliphatic carbocycles. The Balaban J connectivity index is 2.01. The Morgan fingerprint density at radius 1 is 1.25 bits per heavy atom. The largest absolute Gasteiger partial charge is 0.342 e. The van der Waals surface area contributed by atoms with Crippen LogP contribution >= 0.6 is 34.4 Å². The number of aryl methyl sites for hydroxylation is 1. The number of para-hydroxylation sites is 1. The topological polar surface area (TPSA) is 25.2 Å². The summed E-state index contributed by atoms with van der Waals surface area (Å²) in [5.74, 6) is 0.250. The molecule has 0 saturated heterocycles. The molecule has 0 saturated carbocycles. The number of aromatic nitrogens is 1. The summed E-state index contributed by atoms with van der Waals surface area (Å²) in [5, 5.41) is 1.08. The van der Waals surface area contributed by atoms with Gasteiger partial charge in [0.25, 0.3) is 0 Å². The van der Waals surface area contributed by atoms with Gasteiger partial charge in [0.1, 0.15) is 5.25 Å². The van der Waals surface area contributed by atoms with Crippen molar-refractivity contribution in [2.75, 3.05) is 13.1 Å². The van der Waals surface area contributed by atoms with Crippen LogP contribution in [0.2, 0.25) is 0 Å². The number of amides is 1. The first-order valence-corrected chi connectivity index (χ1v) is 12.4. The van der Waals surface area contributed by atoms with Crippen LogP contribution in [0.3, 0.4) is 0 Å². The SMILES string of the molecule is CCCn1c2c(c3ccccc31)C(C(=O)N(CC)CC)SC1=C2C=CC[C@H]1I. The zero-order chi connectivity index (χ0) is 19.8. The van der Waals surface area contributed by atoms with Gasteiger partial charge in [0.2, 0.25) is 5.91 Å². The maximum atomic E-state index is 13.6. The maximum Gasteiger partial charge on any atom is 0.240 e. The number of hydrogen-bond acceptors (Lipinski definition) is 2. The second kappa shape index (κ2) is 8.27. The van der Waals surface area contributed by atoms with Crippen LogP contribution in [0.15, 0.2) is 41.3 Å². The van der Waals surface area contributed by atoms with Crippen molar-refractivity contribution < 1.29 is 4.79 Å². The summed E-state index contributed by atoms with van der Waals surface area (Å²) in [4.78, 5) is 16.9. The van der Waals surface area contributed by atoms with Crippen molar-refractivity contribution in [2.45, 2.75) is 49.3 Å². The number of halogens is 1. The molecule has 2 aliphatic rings. The zero-order valence-corrected chi connectivity index (χ0v) is 19.7. The molecule has 3 nitrogen and oxygen atoms in total. The molecule has 5 heteroatoms. The fraction of sp³-hybridized carbons (Fsp3) is 0.435. The van der Waals surface area contributed by atoms with Crippen LogP contribution in [-0.2, 0) is 11.3 Å². The summed E-state index contributed by atoms with van der Waals surface area (Å²) in [6.07, 6.45) is 6.70. The van der Waals surface area contributed by atoms with Gasteiger partial charge < -0.3 is 9.47 Å². The van der Waals surface area contributed by atoms with Gasteiger partial charge in [-0.1, -0.05) is 59.9 Å².